The predicted octanol–water partition coefficient (Wildman–Crippen LogP) is 1.61. The molecule has 0 saturated carbocycles. The van der Waals surface area contributed by atoms with Crippen LogP contribution in [0.5, 0.6) is 0 Å². The molecule has 1 aromatic heterocycles. The second-order valence-electron chi connectivity index (χ2n) is 5.95. The summed E-state index contributed by atoms with van der Waals surface area (Å²) in [5.41, 5.74) is 4.62. The molecule has 2 rings (SSSR count). The van der Waals surface area contributed by atoms with Gasteiger partial charge >= 0.3 is 0 Å². The molecule has 0 unspecified atom stereocenters. The fraction of sp³-hybridized carbons (Fsp3) is 0.412. The van der Waals surface area contributed by atoms with E-state index in [1.807, 2.05) is 13.8 Å². The predicted molar refractivity (Wildman–Crippen MR) is 91.4 cm³/mol. The molecular formula is C17H22N4O3. The molecule has 2 N–H and O–H groups in total. The highest BCUT2D eigenvalue weighted by atomic mass is 16.2. The van der Waals surface area contributed by atoms with E-state index in [-0.39, 0.29) is 17.2 Å². The summed E-state index contributed by atoms with van der Waals surface area (Å²) in [7, 11) is 0. The number of aryl methyl sites for hydroxylation is 1. The number of nitrogens with zero attached hydrogens (tertiary/aromatic N) is 2. The lowest BCUT2D eigenvalue weighted by molar-refractivity contribution is -0.122. The lowest BCUT2D eigenvalue weighted by atomic mass is 10.1. The molecule has 0 radical (unpaired) electrons. The zero-order valence-corrected chi connectivity index (χ0v) is 14.1. The van der Waals surface area contributed by atoms with E-state index in [0.717, 1.165) is 6.42 Å². The van der Waals surface area contributed by atoms with Crippen LogP contribution in [0.25, 0.3) is 10.8 Å². The lowest BCUT2D eigenvalue weighted by Crippen LogP contribution is -2.42. The molecular weight excluding hydrogens is 308 g/mol. The highest BCUT2D eigenvalue weighted by Crippen LogP contribution is 2.13. The van der Waals surface area contributed by atoms with E-state index >= 15 is 0 Å². The van der Waals surface area contributed by atoms with Crippen LogP contribution in [0.3, 0.4) is 0 Å². The van der Waals surface area contributed by atoms with Gasteiger partial charge in [-0.2, -0.15) is 5.10 Å². The van der Waals surface area contributed by atoms with E-state index in [1.54, 1.807) is 31.2 Å². The third-order valence-electron chi connectivity index (χ3n) is 3.65. The third-order valence-corrected chi connectivity index (χ3v) is 3.65. The van der Waals surface area contributed by atoms with Gasteiger partial charge in [0.05, 0.1) is 5.39 Å². The average molecular weight is 330 g/mol. The van der Waals surface area contributed by atoms with Crippen molar-refractivity contribution < 1.29 is 9.59 Å². The molecule has 7 nitrogen and oxygen atoms in total. The van der Waals surface area contributed by atoms with Crippen molar-refractivity contribution >= 4 is 22.6 Å². The Kier molecular flexibility index (Phi) is 5.68. The average Bonchev–Trinajstić information content (AvgIpc) is 2.58. The van der Waals surface area contributed by atoms with Crippen LogP contribution in [-0.2, 0) is 11.3 Å². The van der Waals surface area contributed by atoms with Crippen molar-refractivity contribution in [3.05, 3.63) is 40.3 Å². The second-order valence-corrected chi connectivity index (χ2v) is 5.95. The monoisotopic (exact) mass is 330 g/mol. The Morgan fingerprint density at radius 1 is 1.17 bits per heavy atom. The van der Waals surface area contributed by atoms with Crippen LogP contribution in [-0.4, -0.2) is 21.6 Å². The van der Waals surface area contributed by atoms with Crippen molar-refractivity contribution in [2.45, 2.75) is 40.2 Å². The SMILES string of the molecule is CCn1nc(C(=O)NNC(=O)CCC(C)C)c2ccccc2c1=O. The molecule has 128 valence electrons. The van der Waals surface area contributed by atoms with E-state index in [2.05, 4.69) is 16.0 Å². The quantitative estimate of drug-likeness (QED) is 0.815. The summed E-state index contributed by atoms with van der Waals surface area (Å²) in [5.74, 6) is -0.401. The Hall–Kier alpha value is -2.70. The van der Waals surface area contributed by atoms with Gasteiger partial charge in [0.25, 0.3) is 11.5 Å². The summed E-state index contributed by atoms with van der Waals surface area (Å²) in [6, 6.07) is 6.79. The maximum atomic E-state index is 12.4. The molecule has 7 heteroatoms. The first kappa shape index (κ1) is 17.7. The summed E-state index contributed by atoms with van der Waals surface area (Å²) in [6.07, 6.45) is 1.07. The van der Waals surface area contributed by atoms with Gasteiger partial charge in [-0.3, -0.25) is 25.2 Å². The normalized spacial score (nSPS) is 10.8. The van der Waals surface area contributed by atoms with Gasteiger partial charge in [-0.05, 0) is 25.3 Å². The van der Waals surface area contributed by atoms with Gasteiger partial charge in [0.1, 0.15) is 0 Å². The molecule has 0 bridgehead atoms. The molecule has 1 aromatic carbocycles. The number of rotatable bonds is 5. The summed E-state index contributed by atoms with van der Waals surface area (Å²) in [6.45, 7) is 6.18. The van der Waals surface area contributed by atoms with E-state index in [1.165, 1.54) is 4.68 Å². The Morgan fingerprint density at radius 2 is 1.83 bits per heavy atom. The van der Waals surface area contributed by atoms with Crippen LogP contribution < -0.4 is 16.4 Å². The van der Waals surface area contributed by atoms with Crippen molar-refractivity contribution in [2.24, 2.45) is 5.92 Å². The first-order valence-electron chi connectivity index (χ1n) is 8.03. The van der Waals surface area contributed by atoms with Crippen LogP contribution in [0.2, 0.25) is 0 Å². The van der Waals surface area contributed by atoms with Gasteiger partial charge in [-0.25, -0.2) is 4.68 Å². The molecule has 0 spiro atoms. The molecule has 1 heterocycles. The van der Waals surface area contributed by atoms with Crippen LogP contribution in [0.15, 0.2) is 29.1 Å². The fourth-order valence-electron chi connectivity index (χ4n) is 2.29. The molecule has 2 amide bonds. The first-order chi connectivity index (χ1) is 11.4. The van der Waals surface area contributed by atoms with Gasteiger partial charge in [-0.15, -0.1) is 0 Å². The summed E-state index contributed by atoms with van der Waals surface area (Å²) < 4.78 is 1.23. The largest absolute Gasteiger partial charge is 0.290 e. The molecule has 0 atom stereocenters. The van der Waals surface area contributed by atoms with E-state index in [0.29, 0.717) is 29.7 Å². The number of carbonyl (C=O) groups is 2. The Balaban J connectivity index is 2.22. The van der Waals surface area contributed by atoms with Gasteiger partial charge in [0.2, 0.25) is 5.91 Å². The van der Waals surface area contributed by atoms with Crippen molar-refractivity contribution in [2.75, 3.05) is 0 Å². The van der Waals surface area contributed by atoms with Gasteiger partial charge in [0.15, 0.2) is 5.69 Å². The Labute approximate surface area is 140 Å². The smallest absolute Gasteiger partial charge is 0.273 e. The summed E-state index contributed by atoms with van der Waals surface area (Å²) >= 11 is 0. The third kappa shape index (κ3) is 3.98. The topological polar surface area (TPSA) is 93.1 Å². The maximum absolute atomic E-state index is 12.4. The zero-order valence-electron chi connectivity index (χ0n) is 14.1. The van der Waals surface area contributed by atoms with Crippen LogP contribution in [0.4, 0.5) is 0 Å². The molecule has 2 aromatic rings. The number of nitrogens with one attached hydrogen (secondary N) is 2. The highest BCUT2D eigenvalue weighted by Gasteiger charge is 2.16. The minimum atomic E-state index is -0.550. The van der Waals surface area contributed by atoms with E-state index < -0.39 is 5.91 Å². The lowest BCUT2D eigenvalue weighted by Gasteiger charge is -2.11. The van der Waals surface area contributed by atoms with Crippen LogP contribution >= 0.6 is 0 Å². The molecule has 0 aliphatic rings. The molecule has 0 aliphatic heterocycles. The first-order valence-corrected chi connectivity index (χ1v) is 8.03. The van der Waals surface area contributed by atoms with Crippen molar-refractivity contribution in [1.82, 2.24) is 20.6 Å². The number of benzene rings is 1. The highest BCUT2D eigenvalue weighted by molar-refractivity contribution is 6.05. The molecule has 0 fully saturated rings. The number of amides is 2. The summed E-state index contributed by atoms with van der Waals surface area (Å²) in [4.78, 5) is 36.3. The summed E-state index contributed by atoms with van der Waals surface area (Å²) in [5, 5.41) is 4.99. The Morgan fingerprint density at radius 3 is 2.46 bits per heavy atom. The number of fused-ring (bicyclic) bond motifs is 1. The minimum absolute atomic E-state index is 0.108. The number of carbonyl (C=O) groups excluding carboxylic acids is 2. The van der Waals surface area contributed by atoms with Crippen molar-refractivity contribution in [1.29, 1.82) is 0 Å². The van der Waals surface area contributed by atoms with Gasteiger partial charge < -0.3 is 0 Å². The van der Waals surface area contributed by atoms with E-state index in [4.69, 9.17) is 0 Å². The van der Waals surface area contributed by atoms with Crippen molar-refractivity contribution in [3.63, 3.8) is 0 Å². The fourth-order valence-corrected chi connectivity index (χ4v) is 2.29. The van der Waals surface area contributed by atoms with Gasteiger partial charge in [-0.1, -0.05) is 32.0 Å². The van der Waals surface area contributed by atoms with Gasteiger partial charge in [0, 0.05) is 18.4 Å². The second kappa shape index (κ2) is 7.72. The maximum Gasteiger partial charge on any atom is 0.290 e. The molecule has 24 heavy (non-hydrogen) atoms. The molecule has 0 saturated heterocycles. The van der Waals surface area contributed by atoms with Crippen molar-refractivity contribution in [3.8, 4) is 0 Å². The number of aromatic nitrogens is 2. The van der Waals surface area contributed by atoms with Crippen LogP contribution in [0.1, 0.15) is 44.1 Å². The standard InChI is InChI=1S/C17H22N4O3/c1-4-21-17(24)13-8-6-5-7-12(13)15(20-21)16(23)19-18-14(22)10-9-11(2)3/h5-8,11H,4,9-10H2,1-3H3,(H,18,22)(H,19,23). The molecule has 0 aliphatic carbocycles. The zero-order chi connectivity index (χ0) is 17.7. The minimum Gasteiger partial charge on any atom is -0.273 e. The number of hydrogen-bond acceptors (Lipinski definition) is 4. The van der Waals surface area contributed by atoms with Crippen LogP contribution in [0, 0.1) is 5.92 Å². The number of hydrogen-bond donors (Lipinski definition) is 2. The Bertz CT molecular complexity index is 811. The van der Waals surface area contributed by atoms with E-state index in [9.17, 15) is 14.4 Å². The number of hydrazine groups is 1.